The minimum Gasteiger partial charge on any atom is -0.346 e. The monoisotopic (exact) mass is 284 g/mol. The molecule has 0 spiro atoms. The summed E-state index contributed by atoms with van der Waals surface area (Å²) in [5.41, 5.74) is 2.55. The van der Waals surface area contributed by atoms with Crippen molar-refractivity contribution in [1.82, 2.24) is 9.88 Å². The van der Waals surface area contributed by atoms with Gasteiger partial charge in [0.05, 0.1) is 0 Å². The summed E-state index contributed by atoms with van der Waals surface area (Å²) in [5.74, 6) is 0. The van der Waals surface area contributed by atoms with Crippen LogP contribution < -0.4 is 5.32 Å². The van der Waals surface area contributed by atoms with Gasteiger partial charge in [0.2, 0.25) is 0 Å². The van der Waals surface area contributed by atoms with Crippen molar-refractivity contribution < 1.29 is 0 Å². The van der Waals surface area contributed by atoms with Crippen LogP contribution in [-0.2, 0) is 13.1 Å². The summed E-state index contributed by atoms with van der Waals surface area (Å²) in [4.78, 5) is 0. The van der Waals surface area contributed by atoms with Gasteiger partial charge in [-0.25, -0.2) is 0 Å². The van der Waals surface area contributed by atoms with E-state index in [1.165, 1.54) is 16.5 Å². The quantitative estimate of drug-likeness (QED) is 0.699. The summed E-state index contributed by atoms with van der Waals surface area (Å²) in [7, 11) is 0. The number of rotatable bonds is 5. The average Bonchev–Trinajstić information content (AvgIpc) is 2.87. The lowest BCUT2D eigenvalue weighted by Crippen LogP contribution is -2.19. The van der Waals surface area contributed by atoms with Crippen molar-refractivity contribution in [1.29, 1.82) is 0 Å². The van der Waals surface area contributed by atoms with Gasteiger partial charge < -0.3 is 9.88 Å². The van der Waals surface area contributed by atoms with Crippen molar-refractivity contribution in [3.8, 4) is 0 Å². The molecule has 1 heterocycles. The Morgan fingerprint density at radius 3 is 2.70 bits per heavy atom. The molecule has 0 fully saturated rings. The molecule has 0 unspecified atom stereocenters. The molecule has 102 valence electrons. The molecule has 0 saturated carbocycles. The van der Waals surface area contributed by atoms with E-state index in [0.29, 0.717) is 0 Å². The van der Waals surface area contributed by atoms with Gasteiger partial charge in [-0.1, -0.05) is 41.9 Å². The maximum Gasteiger partial charge on any atom is 0.0481 e. The second kappa shape index (κ2) is 6.12. The second-order valence-electron chi connectivity index (χ2n) is 4.87. The van der Waals surface area contributed by atoms with Crippen molar-refractivity contribution in [3.05, 3.63) is 71.4 Å². The van der Waals surface area contributed by atoms with Crippen molar-refractivity contribution >= 4 is 22.5 Å². The summed E-state index contributed by atoms with van der Waals surface area (Å²) in [5, 5.41) is 5.45. The van der Waals surface area contributed by atoms with Crippen molar-refractivity contribution in [3.63, 3.8) is 0 Å². The van der Waals surface area contributed by atoms with Gasteiger partial charge in [-0.15, -0.1) is 0 Å². The topological polar surface area (TPSA) is 17.0 Å². The molecule has 1 N–H and O–H groups in total. The number of aromatic nitrogens is 1. The Morgan fingerprint density at radius 2 is 1.85 bits per heavy atom. The van der Waals surface area contributed by atoms with Gasteiger partial charge in [-0.3, -0.25) is 0 Å². The summed E-state index contributed by atoms with van der Waals surface area (Å²) in [6, 6.07) is 18.6. The third-order valence-corrected chi connectivity index (χ3v) is 3.67. The van der Waals surface area contributed by atoms with Crippen LogP contribution in [0, 0.1) is 0 Å². The predicted molar refractivity (Wildman–Crippen MR) is 85.1 cm³/mol. The Labute approximate surface area is 124 Å². The molecular weight excluding hydrogens is 268 g/mol. The molecule has 0 bridgehead atoms. The fourth-order valence-electron chi connectivity index (χ4n) is 2.39. The van der Waals surface area contributed by atoms with Gasteiger partial charge in [0.25, 0.3) is 0 Å². The van der Waals surface area contributed by atoms with Crippen LogP contribution in [0.2, 0.25) is 5.02 Å². The molecule has 0 aliphatic carbocycles. The van der Waals surface area contributed by atoms with Gasteiger partial charge in [0.1, 0.15) is 0 Å². The summed E-state index contributed by atoms with van der Waals surface area (Å²) in [6.45, 7) is 2.81. The Bertz CT molecular complexity index is 689. The SMILES string of the molecule is Clc1ccc2c(ccn2CCNCc2ccccc2)c1. The number of fused-ring (bicyclic) bond motifs is 1. The highest BCUT2D eigenvalue weighted by molar-refractivity contribution is 6.31. The Morgan fingerprint density at radius 1 is 1.00 bits per heavy atom. The van der Waals surface area contributed by atoms with E-state index >= 15 is 0 Å². The lowest BCUT2D eigenvalue weighted by Gasteiger charge is -2.07. The normalized spacial score (nSPS) is 11.1. The summed E-state index contributed by atoms with van der Waals surface area (Å²) in [6.07, 6.45) is 2.12. The molecule has 3 heteroatoms. The van der Waals surface area contributed by atoms with Crippen LogP contribution in [0.4, 0.5) is 0 Å². The highest BCUT2D eigenvalue weighted by atomic mass is 35.5. The molecule has 0 radical (unpaired) electrons. The van der Waals surface area contributed by atoms with Crippen LogP contribution in [-0.4, -0.2) is 11.1 Å². The molecule has 1 aromatic heterocycles. The molecular formula is C17H17ClN2. The van der Waals surface area contributed by atoms with E-state index in [1.807, 2.05) is 18.2 Å². The first-order valence-electron chi connectivity index (χ1n) is 6.82. The first-order valence-corrected chi connectivity index (χ1v) is 7.20. The highest BCUT2D eigenvalue weighted by Crippen LogP contribution is 2.20. The third-order valence-electron chi connectivity index (χ3n) is 3.43. The zero-order valence-corrected chi connectivity index (χ0v) is 12.0. The number of hydrogen-bond donors (Lipinski definition) is 1. The van der Waals surface area contributed by atoms with E-state index in [2.05, 4.69) is 52.5 Å². The van der Waals surface area contributed by atoms with E-state index in [0.717, 1.165) is 24.7 Å². The number of nitrogens with zero attached hydrogens (tertiary/aromatic N) is 1. The minimum atomic E-state index is 0.789. The van der Waals surface area contributed by atoms with Gasteiger partial charge >= 0.3 is 0 Å². The van der Waals surface area contributed by atoms with Crippen LogP contribution in [0.1, 0.15) is 5.56 Å². The van der Waals surface area contributed by atoms with Gasteiger partial charge in [-0.05, 0) is 29.8 Å². The van der Waals surface area contributed by atoms with E-state index in [9.17, 15) is 0 Å². The fourth-order valence-corrected chi connectivity index (χ4v) is 2.57. The fraction of sp³-hybridized carbons (Fsp3) is 0.176. The van der Waals surface area contributed by atoms with Crippen LogP contribution in [0.5, 0.6) is 0 Å². The standard InChI is InChI=1S/C17H17ClN2/c18-16-6-7-17-15(12-16)8-10-20(17)11-9-19-13-14-4-2-1-3-5-14/h1-8,10,12,19H,9,11,13H2. The molecule has 0 aliphatic heterocycles. The van der Waals surface area contributed by atoms with Crippen molar-refractivity contribution in [2.24, 2.45) is 0 Å². The first kappa shape index (κ1) is 13.2. The van der Waals surface area contributed by atoms with Crippen LogP contribution in [0.3, 0.4) is 0 Å². The van der Waals surface area contributed by atoms with E-state index in [4.69, 9.17) is 11.6 Å². The molecule has 3 rings (SSSR count). The zero-order chi connectivity index (χ0) is 13.8. The smallest absolute Gasteiger partial charge is 0.0481 e. The summed E-state index contributed by atoms with van der Waals surface area (Å²) >= 11 is 6.00. The van der Waals surface area contributed by atoms with Gasteiger partial charge in [-0.2, -0.15) is 0 Å². The molecule has 0 aliphatic rings. The number of hydrogen-bond acceptors (Lipinski definition) is 1. The number of benzene rings is 2. The Hall–Kier alpha value is -1.77. The van der Waals surface area contributed by atoms with Crippen LogP contribution in [0.15, 0.2) is 60.8 Å². The summed E-state index contributed by atoms with van der Waals surface area (Å²) < 4.78 is 2.25. The number of halogens is 1. The molecule has 0 saturated heterocycles. The molecule has 0 amide bonds. The lowest BCUT2D eigenvalue weighted by molar-refractivity contribution is 0.609. The van der Waals surface area contributed by atoms with Crippen molar-refractivity contribution in [2.45, 2.75) is 13.1 Å². The largest absolute Gasteiger partial charge is 0.346 e. The van der Waals surface area contributed by atoms with Crippen LogP contribution >= 0.6 is 11.6 Å². The number of nitrogens with one attached hydrogen (secondary N) is 1. The first-order chi connectivity index (χ1) is 9.83. The second-order valence-corrected chi connectivity index (χ2v) is 5.31. The lowest BCUT2D eigenvalue weighted by atomic mass is 10.2. The molecule has 2 aromatic carbocycles. The van der Waals surface area contributed by atoms with E-state index in [1.54, 1.807) is 0 Å². The molecule has 2 nitrogen and oxygen atoms in total. The average molecular weight is 285 g/mol. The predicted octanol–water partition coefficient (Wildman–Crippen LogP) is 4.08. The zero-order valence-electron chi connectivity index (χ0n) is 11.2. The van der Waals surface area contributed by atoms with E-state index in [-0.39, 0.29) is 0 Å². The highest BCUT2D eigenvalue weighted by Gasteiger charge is 2.01. The minimum absolute atomic E-state index is 0.789. The Balaban J connectivity index is 1.58. The molecule has 20 heavy (non-hydrogen) atoms. The van der Waals surface area contributed by atoms with E-state index < -0.39 is 0 Å². The Kier molecular flexibility index (Phi) is 4.05. The maximum absolute atomic E-state index is 6.00. The van der Waals surface area contributed by atoms with Gasteiger partial charge in [0, 0.05) is 41.8 Å². The molecule has 0 atom stereocenters. The maximum atomic E-state index is 6.00. The van der Waals surface area contributed by atoms with Gasteiger partial charge in [0.15, 0.2) is 0 Å². The molecule has 3 aromatic rings. The van der Waals surface area contributed by atoms with Crippen molar-refractivity contribution in [2.75, 3.05) is 6.54 Å². The van der Waals surface area contributed by atoms with Crippen LogP contribution in [0.25, 0.3) is 10.9 Å². The third kappa shape index (κ3) is 3.03.